The highest BCUT2D eigenvalue weighted by Gasteiger charge is 2.26. The quantitative estimate of drug-likeness (QED) is 0.736. The van der Waals surface area contributed by atoms with Gasteiger partial charge < -0.3 is 21.1 Å². The Balaban J connectivity index is 2.41. The van der Waals surface area contributed by atoms with Gasteiger partial charge in [-0.2, -0.15) is 0 Å². The van der Waals surface area contributed by atoms with Crippen molar-refractivity contribution < 1.29 is 9.53 Å². The van der Waals surface area contributed by atoms with Crippen molar-refractivity contribution in [2.75, 3.05) is 13.1 Å². The molecular weight excluding hydrogens is 244 g/mol. The van der Waals surface area contributed by atoms with Crippen LogP contribution in [-0.4, -0.2) is 41.9 Å². The molecule has 1 saturated heterocycles. The SMILES string of the molecule is CC(C)(C)OC(=O)N1CCC(N=CC(N)=CN)CC1. The van der Waals surface area contributed by atoms with Crippen molar-refractivity contribution >= 4 is 12.3 Å². The first kappa shape index (κ1) is 15.3. The van der Waals surface area contributed by atoms with Gasteiger partial charge in [0.1, 0.15) is 5.60 Å². The fourth-order valence-corrected chi connectivity index (χ4v) is 1.76. The number of nitrogens with two attached hydrogens (primary N) is 2. The average Bonchev–Trinajstić information content (AvgIpc) is 2.34. The van der Waals surface area contributed by atoms with Crippen LogP contribution in [0.3, 0.4) is 0 Å². The normalized spacial score (nSPS) is 18.9. The van der Waals surface area contributed by atoms with Crippen LogP contribution in [0.2, 0.25) is 0 Å². The summed E-state index contributed by atoms with van der Waals surface area (Å²) >= 11 is 0. The van der Waals surface area contributed by atoms with Crippen molar-refractivity contribution in [1.82, 2.24) is 4.90 Å². The second-order valence-corrected chi connectivity index (χ2v) is 5.64. The van der Waals surface area contributed by atoms with Crippen molar-refractivity contribution in [3.8, 4) is 0 Å². The minimum atomic E-state index is -0.452. The number of hydrogen-bond donors (Lipinski definition) is 2. The van der Waals surface area contributed by atoms with Gasteiger partial charge in [-0.15, -0.1) is 0 Å². The summed E-state index contributed by atoms with van der Waals surface area (Å²) in [7, 11) is 0. The van der Waals surface area contributed by atoms with Crippen molar-refractivity contribution in [3.05, 3.63) is 11.9 Å². The second kappa shape index (κ2) is 6.45. The molecular formula is C13H24N4O2. The molecule has 0 unspecified atom stereocenters. The van der Waals surface area contributed by atoms with Crippen molar-refractivity contribution in [3.63, 3.8) is 0 Å². The van der Waals surface area contributed by atoms with Gasteiger partial charge in [-0.3, -0.25) is 4.99 Å². The minimum Gasteiger partial charge on any atom is -0.444 e. The fourth-order valence-electron chi connectivity index (χ4n) is 1.76. The van der Waals surface area contributed by atoms with Crippen LogP contribution >= 0.6 is 0 Å². The molecule has 1 aliphatic heterocycles. The summed E-state index contributed by atoms with van der Waals surface area (Å²) < 4.78 is 5.33. The van der Waals surface area contributed by atoms with Gasteiger partial charge in [-0.05, 0) is 33.6 Å². The predicted molar refractivity (Wildman–Crippen MR) is 75.8 cm³/mol. The van der Waals surface area contributed by atoms with E-state index in [4.69, 9.17) is 16.2 Å². The summed E-state index contributed by atoms with van der Waals surface area (Å²) in [5.41, 5.74) is 10.8. The Hall–Kier alpha value is -1.72. The highest BCUT2D eigenvalue weighted by molar-refractivity contribution is 5.77. The molecule has 1 fully saturated rings. The number of allylic oxidation sites excluding steroid dienone is 1. The molecule has 6 nitrogen and oxygen atoms in total. The Kier molecular flexibility index (Phi) is 5.20. The molecule has 0 aromatic rings. The molecule has 6 heteroatoms. The third kappa shape index (κ3) is 5.63. The van der Waals surface area contributed by atoms with Crippen LogP contribution < -0.4 is 11.5 Å². The summed E-state index contributed by atoms with van der Waals surface area (Å²) in [6.45, 7) is 6.91. The number of ether oxygens (including phenoxy) is 1. The van der Waals surface area contributed by atoms with Crippen LogP contribution in [-0.2, 0) is 4.74 Å². The summed E-state index contributed by atoms with van der Waals surface area (Å²) in [6, 6.07) is 0.192. The molecule has 0 spiro atoms. The van der Waals surface area contributed by atoms with E-state index in [0.717, 1.165) is 12.8 Å². The van der Waals surface area contributed by atoms with E-state index in [2.05, 4.69) is 4.99 Å². The van der Waals surface area contributed by atoms with E-state index in [9.17, 15) is 4.79 Å². The lowest BCUT2D eigenvalue weighted by molar-refractivity contribution is 0.0207. The Morgan fingerprint density at radius 3 is 2.42 bits per heavy atom. The number of hydrogen-bond acceptors (Lipinski definition) is 5. The molecule has 0 aromatic carbocycles. The number of carbonyl (C=O) groups is 1. The van der Waals surface area contributed by atoms with Gasteiger partial charge >= 0.3 is 6.09 Å². The second-order valence-electron chi connectivity index (χ2n) is 5.64. The highest BCUT2D eigenvalue weighted by atomic mass is 16.6. The van der Waals surface area contributed by atoms with Crippen LogP contribution in [0.1, 0.15) is 33.6 Å². The predicted octanol–water partition coefficient (Wildman–Crippen LogP) is 1.22. The topological polar surface area (TPSA) is 93.9 Å². The first-order valence-corrected chi connectivity index (χ1v) is 6.50. The zero-order chi connectivity index (χ0) is 14.5. The average molecular weight is 268 g/mol. The molecule has 1 amide bonds. The maximum atomic E-state index is 11.9. The van der Waals surface area contributed by atoms with Gasteiger partial charge in [-0.25, -0.2) is 4.79 Å². The number of rotatable bonds is 2. The first-order valence-electron chi connectivity index (χ1n) is 6.50. The van der Waals surface area contributed by atoms with E-state index in [1.165, 1.54) is 6.20 Å². The minimum absolute atomic E-state index is 0.192. The number of amides is 1. The highest BCUT2D eigenvalue weighted by Crippen LogP contribution is 2.17. The first-order chi connectivity index (χ1) is 8.81. The zero-order valence-electron chi connectivity index (χ0n) is 11.9. The maximum absolute atomic E-state index is 11.9. The van der Waals surface area contributed by atoms with Gasteiger partial charge in [-0.1, -0.05) is 0 Å². The molecule has 19 heavy (non-hydrogen) atoms. The number of likely N-dealkylation sites (tertiary alicyclic amines) is 1. The van der Waals surface area contributed by atoms with E-state index < -0.39 is 5.60 Å². The third-order valence-electron chi connectivity index (χ3n) is 2.74. The van der Waals surface area contributed by atoms with E-state index in [1.807, 2.05) is 20.8 Å². The lowest BCUT2D eigenvalue weighted by atomic mass is 10.1. The zero-order valence-corrected chi connectivity index (χ0v) is 11.9. The smallest absolute Gasteiger partial charge is 0.410 e. The molecule has 0 aliphatic carbocycles. The third-order valence-corrected chi connectivity index (χ3v) is 2.74. The number of nitrogens with zero attached hydrogens (tertiary/aromatic N) is 2. The number of carbonyl (C=O) groups excluding carboxylic acids is 1. The molecule has 4 N–H and O–H groups in total. The van der Waals surface area contributed by atoms with Crippen LogP contribution in [0.4, 0.5) is 4.79 Å². The summed E-state index contributed by atoms with van der Waals surface area (Å²) in [6.07, 6.45) is 4.27. The van der Waals surface area contributed by atoms with Crippen LogP contribution in [0.5, 0.6) is 0 Å². The van der Waals surface area contributed by atoms with E-state index in [1.54, 1.807) is 11.1 Å². The summed E-state index contributed by atoms with van der Waals surface area (Å²) in [4.78, 5) is 17.9. The number of piperidine rings is 1. The number of aliphatic imine (C=N–C) groups is 1. The van der Waals surface area contributed by atoms with Crippen LogP contribution in [0.25, 0.3) is 0 Å². The molecule has 1 heterocycles. The summed E-state index contributed by atoms with van der Waals surface area (Å²) in [5, 5.41) is 0. The van der Waals surface area contributed by atoms with E-state index >= 15 is 0 Å². The van der Waals surface area contributed by atoms with E-state index in [0.29, 0.717) is 18.8 Å². The lowest BCUT2D eigenvalue weighted by Gasteiger charge is -2.32. The Bertz CT molecular complexity index is 363. The van der Waals surface area contributed by atoms with Crippen molar-refractivity contribution in [2.45, 2.75) is 45.3 Å². The molecule has 108 valence electrons. The summed E-state index contributed by atoms with van der Waals surface area (Å²) in [5.74, 6) is 0. The fraction of sp³-hybridized carbons (Fsp3) is 0.692. The molecule has 1 rings (SSSR count). The largest absolute Gasteiger partial charge is 0.444 e. The lowest BCUT2D eigenvalue weighted by Crippen LogP contribution is -2.42. The Morgan fingerprint density at radius 1 is 1.37 bits per heavy atom. The Labute approximate surface area is 114 Å². The molecule has 0 aromatic heterocycles. The van der Waals surface area contributed by atoms with Crippen LogP contribution in [0, 0.1) is 0 Å². The van der Waals surface area contributed by atoms with Crippen LogP contribution in [0.15, 0.2) is 16.9 Å². The molecule has 1 aliphatic rings. The maximum Gasteiger partial charge on any atom is 0.410 e. The van der Waals surface area contributed by atoms with Crippen molar-refractivity contribution in [1.29, 1.82) is 0 Å². The van der Waals surface area contributed by atoms with Gasteiger partial charge in [0.25, 0.3) is 0 Å². The molecule has 0 atom stereocenters. The van der Waals surface area contributed by atoms with Gasteiger partial charge in [0.15, 0.2) is 0 Å². The van der Waals surface area contributed by atoms with Gasteiger partial charge in [0, 0.05) is 25.5 Å². The van der Waals surface area contributed by atoms with Gasteiger partial charge in [0.2, 0.25) is 0 Å². The Morgan fingerprint density at radius 2 is 1.95 bits per heavy atom. The van der Waals surface area contributed by atoms with Gasteiger partial charge in [0.05, 0.1) is 11.7 Å². The molecule has 0 radical (unpaired) electrons. The molecule has 0 bridgehead atoms. The molecule has 0 saturated carbocycles. The van der Waals surface area contributed by atoms with E-state index in [-0.39, 0.29) is 12.1 Å². The van der Waals surface area contributed by atoms with Crippen molar-refractivity contribution in [2.24, 2.45) is 16.5 Å². The standard InChI is InChI=1S/C13H24N4O2/c1-13(2,3)19-12(18)17-6-4-11(5-7-17)16-9-10(15)8-14/h8-9,11H,4-7,14-15H2,1-3H3. The monoisotopic (exact) mass is 268 g/mol.